The van der Waals surface area contributed by atoms with Crippen LogP contribution in [0.5, 0.6) is 0 Å². The number of hydrogen-bond acceptors (Lipinski definition) is 4. The molecule has 0 radical (unpaired) electrons. The number of likely N-dealkylation sites (N-methyl/N-ethyl adjacent to an activating group) is 1. The molecule has 1 amide bonds. The lowest BCUT2D eigenvalue weighted by atomic mass is 10.1. The second-order valence-electron chi connectivity index (χ2n) is 7.04. The second-order valence-corrected chi connectivity index (χ2v) is 7.04. The van der Waals surface area contributed by atoms with Crippen molar-refractivity contribution in [2.75, 3.05) is 13.6 Å². The molecular weight excluding hydrogens is 383 g/mol. The van der Waals surface area contributed by atoms with Gasteiger partial charge in [0.2, 0.25) is 0 Å². The largest absolute Gasteiger partial charge is 0.340 e. The fourth-order valence-corrected chi connectivity index (χ4v) is 3.16. The van der Waals surface area contributed by atoms with Crippen molar-refractivity contribution >= 4 is 5.91 Å². The maximum Gasteiger partial charge on any atom is 0.255 e. The molecule has 0 aliphatic heterocycles. The number of carbonyl (C=O) groups excluding carboxylic acids is 1. The first-order valence-electron chi connectivity index (χ1n) is 9.53. The molecule has 0 saturated carbocycles. The van der Waals surface area contributed by atoms with Gasteiger partial charge in [0.1, 0.15) is 5.82 Å². The summed E-state index contributed by atoms with van der Waals surface area (Å²) in [6, 6.07) is 13.7. The first-order valence-corrected chi connectivity index (χ1v) is 9.53. The summed E-state index contributed by atoms with van der Waals surface area (Å²) in [6.45, 7) is 2.95. The number of aryl methyl sites for hydroxylation is 1. The average molecular weight is 404 g/mol. The number of carbonyl (C=O) groups is 1. The Labute approximate surface area is 173 Å². The van der Waals surface area contributed by atoms with E-state index in [1.54, 1.807) is 41.2 Å². The molecule has 0 N–H and O–H groups in total. The number of hydrogen-bond donors (Lipinski definition) is 0. The normalized spacial score (nSPS) is 10.9. The van der Waals surface area contributed by atoms with Gasteiger partial charge < -0.3 is 4.90 Å². The van der Waals surface area contributed by atoms with Gasteiger partial charge in [-0.3, -0.25) is 9.48 Å². The van der Waals surface area contributed by atoms with Crippen molar-refractivity contribution in [3.05, 3.63) is 84.1 Å². The summed E-state index contributed by atoms with van der Waals surface area (Å²) < 4.78 is 14.9. The van der Waals surface area contributed by atoms with E-state index in [-0.39, 0.29) is 11.7 Å². The highest BCUT2D eigenvalue weighted by molar-refractivity contribution is 5.97. The molecule has 2 aromatic carbocycles. The lowest BCUT2D eigenvalue weighted by Gasteiger charge is -2.19. The molecule has 2 aromatic heterocycles. The third kappa shape index (κ3) is 4.12. The third-order valence-electron chi connectivity index (χ3n) is 4.81. The van der Waals surface area contributed by atoms with E-state index >= 15 is 0 Å². The number of rotatable bonds is 6. The predicted octanol–water partition coefficient (Wildman–Crippen LogP) is 3.35. The fourth-order valence-electron chi connectivity index (χ4n) is 3.16. The quantitative estimate of drug-likeness (QED) is 0.494. The SMILES string of the molecule is Cc1ccc(-n2nccn2)c(C(=O)N(C)CCn2ccc(-c3ccc(F)cc3)n2)c1. The van der Waals surface area contributed by atoms with Crippen LogP contribution in [0.4, 0.5) is 4.39 Å². The molecular formula is C22H21FN6O. The maximum absolute atomic E-state index is 13.1. The summed E-state index contributed by atoms with van der Waals surface area (Å²) in [5.74, 6) is -0.393. The van der Waals surface area contributed by atoms with Crippen molar-refractivity contribution in [2.24, 2.45) is 0 Å². The lowest BCUT2D eigenvalue weighted by molar-refractivity contribution is 0.0788. The molecule has 4 rings (SSSR count). The van der Waals surface area contributed by atoms with Crippen LogP contribution in [0.2, 0.25) is 0 Å². The zero-order valence-corrected chi connectivity index (χ0v) is 16.7. The van der Waals surface area contributed by atoms with Gasteiger partial charge in [-0.05, 0) is 49.4 Å². The van der Waals surface area contributed by atoms with Crippen molar-refractivity contribution in [3.63, 3.8) is 0 Å². The van der Waals surface area contributed by atoms with Crippen LogP contribution in [0.25, 0.3) is 16.9 Å². The van der Waals surface area contributed by atoms with Gasteiger partial charge in [-0.25, -0.2) is 4.39 Å². The average Bonchev–Trinajstić information content (AvgIpc) is 3.44. The minimum Gasteiger partial charge on any atom is -0.340 e. The van der Waals surface area contributed by atoms with Crippen molar-refractivity contribution < 1.29 is 9.18 Å². The first kappa shape index (κ1) is 19.5. The smallest absolute Gasteiger partial charge is 0.255 e. The van der Waals surface area contributed by atoms with E-state index in [0.29, 0.717) is 24.3 Å². The third-order valence-corrected chi connectivity index (χ3v) is 4.81. The van der Waals surface area contributed by atoms with E-state index in [4.69, 9.17) is 0 Å². The van der Waals surface area contributed by atoms with E-state index in [0.717, 1.165) is 16.8 Å². The molecule has 7 nitrogen and oxygen atoms in total. The number of benzene rings is 2. The van der Waals surface area contributed by atoms with Crippen LogP contribution in [0, 0.1) is 12.7 Å². The zero-order chi connectivity index (χ0) is 21.1. The Hall–Kier alpha value is -3.81. The van der Waals surface area contributed by atoms with Gasteiger partial charge in [0.15, 0.2) is 0 Å². The molecule has 0 bridgehead atoms. The summed E-state index contributed by atoms with van der Waals surface area (Å²) in [5.41, 5.74) is 3.77. The summed E-state index contributed by atoms with van der Waals surface area (Å²) in [4.78, 5) is 16.2. The molecule has 0 aliphatic rings. The van der Waals surface area contributed by atoms with E-state index in [1.807, 2.05) is 37.4 Å². The highest BCUT2D eigenvalue weighted by Crippen LogP contribution is 2.18. The van der Waals surface area contributed by atoms with Gasteiger partial charge in [0, 0.05) is 25.4 Å². The van der Waals surface area contributed by atoms with Gasteiger partial charge in [-0.2, -0.15) is 20.1 Å². The summed E-state index contributed by atoms with van der Waals surface area (Å²) in [7, 11) is 1.76. The summed E-state index contributed by atoms with van der Waals surface area (Å²) >= 11 is 0. The van der Waals surface area contributed by atoms with Crippen LogP contribution in [-0.2, 0) is 6.54 Å². The van der Waals surface area contributed by atoms with Gasteiger partial charge in [-0.1, -0.05) is 11.6 Å². The van der Waals surface area contributed by atoms with E-state index < -0.39 is 0 Å². The molecule has 2 heterocycles. The Balaban J connectivity index is 1.46. The van der Waals surface area contributed by atoms with Crippen LogP contribution >= 0.6 is 0 Å². The number of aromatic nitrogens is 5. The van der Waals surface area contributed by atoms with Crippen LogP contribution in [0.15, 0.2) is 67.1 Å². The van der Waals surface area contributed by atoms with Crippen LogP contribution in [0.1, 0.15) is 15.9 Å². The molecule has 30 heavy (non-hydrogen) atoms. The van der Waals surface area contributed by atoms with Crippen molar-refractivity contribution in [1.82, 2.24) is 29.7 Å². The van der Waals surface area contributed by atoms with Gasteiger partial charge in [0.25, 0.3) is 5.91 Å². The summed E-state index contributed by atoms with van der Waals surface area (Å²) in [6.07, 6.45) is 5.01. The van der Waals surface area contributed by atoms with Crippen LogP contribution in [0.3, 0.4) is 0 Å². The number of nitrogens with zero attached hydrogens (tertiary/aromatic N) is 6. The van der Waals surface area contributed by atoms with E-state index in [2.05, 4.69) is 15.3 Å². The molecule has 0 aliphatic carbocycles. The van der Waals surface area contributed by atoms with Crippen LogP contribution < -0.4 is 0 Å². The molecule has 0 spiro atoms. The molecule has 152 valence electrons. The second kappa shape index (κ2) is 8.28. The zero-order valence-electron chi connectivity index (χ0n) is 16.7. The van der Waals surface area contributed by atoms with Gasteiger partial charge >= 0.3 is 0 Å². The minimum absolute atomic E-state index is 0.114. The Bertz CT molecular complexity index is 1150. The van der Waals surface area contributed by atoms with E-state index in [1.165, 1.54) is 16.9 Å². The standard InChI is InChI=1S/C22H21FN6O/c1-16-3-8-21(29-24-10-11-25-29)19(15-16)22(30)27(2)13-14-28-12-9-20(26-28)17-4-6-18(23)7-5-17/h3-12,15H,13-14H2,1-2H3. The summed E-state index contributed by atoms with van der Waals surface area (Å²) in [5, 5.41) is 12.8. The minimum atomic E-state index is -0.279. The number of amides is 1. The Morgan fingerprint density at radius 3 is 2.53 bits per heavy atom. The lowest BCUT2D eigenvalue weighted by Crippen LogP contribution is -2.31. The van der Waals surface area contributed by atoms with Crippen molar-refractivity contribution in [2.45, 2.75) is 13.5 Å². The van der Waals surface area contributed by atoms with Crippen molar-refractivity contribution in [3.8, 4) is 16.9 Å². The van der Waals surface area contributed by atoms with E-state index in [9.17, 15) is 9.18 Å². The molecule has 4 aromatic rings. The van der Waals surface area contributed by atoms with Crippen molar-refractivity contribution in [1.29, 1.82) is 0 Å². The van der Waals surface area contributed by atoms with Crippen LogP contribution in [-0.4, -0.2) is 49.2 Å². The molecule has 0 fully saturated rings. The monoisotopic (exact) mass is 404 g/mol. The highest BCUT2D eigenvalue weighted by Gasteiger charge is 2.18. The first-order chi connectivity index (χ1) is 14.5. The van der Waals surface area contributed by atoms with Gasteiger partial charge in [0.05, 0.1) is 35.9 Å². The Morgan fingerprint density at radius 2 is 1.80 bits per heavy atom. The Kier molecular flexibility index (Phi) is 5.38. The molecule has 8 heteroatoms. The van der Waals surface area contributed by atoms with Gasteiger partial charge in [-0.15, -0.1) is 0 Å². The molecule has 0 unspecified atom stereocenters. The molecule has 0 atom stereocenters. The topological polar surface area (TPSA) is 68.8 Å². The maximum atomic E-state index is 13.1. The predicted molar refractivity (Wildman–Crippen MR) is 111 cm³/mol. The Morgan fingerprint density at radius 1 is 1.07 bits per heavy atom. The highest BCUT2D eigenvalue weighted by atomic mass is 19.1. The molecule has 0 saturated heterocycles. The number of halogens is 1. The fraction of sp³-hybridized carbons (Fsp3) is 0.182.